The number of aromatic hydroxyl groups is 7. The van der Waals surface area contributed by atoms with Crippen LogP contribution >= 0.6 is 0 Å². The lowest BCUT2D eigenvalue weighted by atomic mass is 9.95. The molecule has 2 fully saturated rings. The zero-order valence-electron chi connectivity index (χ0n) is 32.7. The summed E-state index contributed by atoms with van der Waals surface area (Å²) in [6.45, 7) is 0.818. The predicted octanol–water partition coefficient (Wildman–Crippen LogP) is 0.823. The summed E-state index contributed by atoms with van der Waals surface area (Å²) in [6.07, 6.45) is -16.6. The van der Waals surface area contributed by atoms with Crippen molar-refractivity contribution in [3.63, 3.8) is 0 Å². The SMILES string of the molecule is C[C@@H]1O[C@@H](OC[C@H]2O[C@@H](Oc3c(-c4ccc(O)c(O)c4)oc4cc(O)cc(O)c4c3=O)[C@H](O)[C@@H](O)[C@@H]2O)[C@H](O)[C@H](O)[C@H]1O.O=C1C[C@@H](c2ccc(O)cc2)Oc2cc(O)cc(O)c21. The number of carbonyl (C=O) groups excluding carboxylic acids is 1. The molecule has 13 N–H and O–H groups in total. The van der Waals surface area contributed by atoms with E-state index in [9.17, 15) is 76.0 Å². The van der Waals surface area contributed by atoms with Gasteiger partial charge in [-0.05, 0) is 42.8 Å². The summed E-state index contributed by atoms with van der Waals surface area (Å²) in [6, 6.07) is 14.0. The summed E-state index contributed by atoms with van der Waals surface area (Å²) in [4.78, 5) is 25.7. The number of ketones is 1. The second-order valence-electron chi connectivity index (χ2n) is 14.9. The molecule has 0 saturated carbocycles. The second-order valence-corrected chi connectivity index (χ2v) is 14.9. The fourth-order valence-electron chi connectivity index (χ4n) is 7.14. The molecule has 5 aromatic rings. The third-order valence-corrected chi connectivity index (χ3v) is 10.5. The first-order valence-electron chi connectivity index (χ1n) is 19.1. The van der Waals surface area contributed by atoms with Gasteiger partial charge < -0.3 is 94.5 Å². The standard InChI is InChI=1S/C27H30O16.C15H12O5/c1-8-17(32)20(35)22(37)26(40-8)39-7-15-18(33)21(36)23(38)27(42-15)43-25-19(34)16-13(31)5-10(28)6-14(16)41-24(25)9-2-3-11(29)12(30)4-9;16-9-3-1-8(2-4-9)13-7-12(19)15-11(18)5-10(17)6-14(15)20-13/h2-6,8,15,17-18,20-23,26-33,35-38H,7H2,1H3;1-6,13,16-18H,7H2/t8-,15+,17-,18+,20+,21-,22+,23+,26+,27-;13-/m00/s1. The van der Waals surface area contributed by atoms with Gasteiger partial charge in [0, 0.05) is 29.8 Å². The van der Waals surface area contributed by atoms with Crippen molar-refractivity contribution in [1.29, 1.82) is 0 Å². The van der Waals surface area contributed by atoms with Crippen LogP contribution in [0, 0.1) is 0 Å². The molecule has 0 unspecified atom stereocenters. The van der Waals surface area contributed by atoms with Crippen LogP contribution in [0.1, 0.15) is 35.4 Å². The number of hydrogen-bond acceptors (Lipinski definition) is 21. The molecule has 21 nitrogen and oxygen atoms in total. The van der Waals surface area contributed by atoms with Crippen molar-refractivity contribution in [2.45, 2.75) is 80.9 Å². The molecule has 1 aromatic heterocycles. The number of fused-ring (bicyclic) bond motifs is 2. The number of phenolic OH excluding ortho intramolecular Hbond substituents is 7. The third-order valence-electron chi connectivity index (χ3n) is 10.5. The van der Waals surface area contributed by atoms with E-state index in [4.69, 9.17) is 28.1 Å². The van der Waals surface area contributed by atoms with E-state index in [2.05, 4.69) is 0 Å². The maximum Gasteiger partial charge on any atom is 0.239 e. The summed E-state index contributed by atoms with van der Waals surface area (Å²) >= 11 is 0. The summed E-state index contributed by atoms with van der Waals surface area (Å²) in [5.74, 6) is -3.73. The predicted molar refractivity (Wildman–Crippen MR) is 210 cm³/mol. The highest BCUT2D eigenvalue weighted by molar-refractivity contribution is 6.02. The van der Waals surface area contributed by atoms with Gasteiger partial charge in [-0.3, -0.25) is 9.59 Å². The molecule has 0 radical (unpaired) electrons. The summed E-state index contributed by atoms with van der Waals surface area (Å²) < 4.78 is 33.5. The highest BCUT2D eigenvalue weighted by atomic mass is 16.7. The minimum absolute atomic E-state index is 0.0313. The van der Waals surface area contributed by atoms with Gasteiger partial charge in [0.1, 0.15) is 99.9 Å². The molecule has 63 heavy (non-hydrogen) atoms. The van der Waals surface area contributed by atoms with E-state index in [-0.39, 0.29) is 51.9 Å². The average Bonchev–Trinajstić information content (AvgIpc) is 3.23. The lowest BCUT2D eigenvalue weighted by Gasteiger charge is -2.42. The lowest BCUT2D eigenvalue weighted by molar-refractivity contribution is -0.318. The van der Waals surface area contributed by atoms with Gasteiger partial charge in [-0.15, -0.1) is 0 Å². The molecular formula is C42H42O21. The van der Waals surface area contributed by atoms with E-state index < -0.39 is 119 Å². The smallest absolute Gasteiger partial charge is 0.239 e. The largest absolute Gasteiger partial charge is 0.508 e. The summed E-state index contributed by atoms with van der Waals surface area (Å²) in [7, 11) is 0. The lowest BCUT2D eigenvalue weighted by Crippen LogP contribution is -2.61. The molecule has 3 aliphatic heterocycles. The number of hydrogen-bond donors (Lipinski definition) is 13. The number of phenols is 7. The molecule has 4 aromatic carbocycles. The van der Waals surface area contributed by atoms with Crippen LogP contribution in [-0.4, -0.2) is 140 Å². The molecule has 21 heteroatoms. The van der Waals surface area contributed by atoms with Crippen LogP contribution < -0.4 is 14.9 Å². The zero-order valence-corrected chi connectivity index (χ0v) is 32.7. The van der Waals surface area contributed by atoms with Crippen molar-refractivity contribution < 1.29 is 99.3 Å². The first-order chi connectivity index (χ1) is 29.8. The Hall–Kier alpha value is -6.40. The quantitative estimate of drug-likeness (QED) is 0.101. The topological polar surface area (TPSA) is 356 Å². The van der Waals surface area contributed by atoms with Crippen LogP contribution in [0.2, 0.25) is 0 Å². The number of Topliss-reactive ketones (excluding diaryl/α,β-unsaturated/α-hetero) is 1. The minimum Gasteiger partial charge on any atom is -0.508 e. The van der Waals surface area contributed by atoms with Gasteiger partial charge in [-0.25, -0.2) is 0 Å². The van der Waals surface area contributed by atoms with Crippen LogP contribution in [-0.2, 0) is 14.2 Å². The van der Waals surface area contributed by atoms with Gasteiger partial charge in [0.05, 0.1) is 19.1 Å². The van der Waals surface area contributed by atoms with Gasteiger partial charge in [-0.2, -0.15) is 0 Å². The maximum absolute atomic E-state index is 13.6. The van der Waals surface area contributed by atoms with Gasteiger partial charge in [0.25, 0.3) is 0 Å². The molecule has 0 spiro atoms. The van der Waals surface area contributed by atoms with Crippen molar-refractivity contribution in [2.24, 2.45) is 0 Å². The van der Waals surface area contributed by atoms with Crippen LogP contribution in [0.15, 0.2) is 75.9 Å². The number of aliphatic hydroxyl groups is 6. The third kappa shape index (κ3) is 8.95. The number of benzene rings is 4. The fraction of sp³-hybridized carbons (Fsp3) is 0.333. The molecule has 4 heterocycles. The first kappa shape index (κ1) is 44.6. The van der Waals surface area contributed by atoms with E-state index >= 15 is 0 Å². The van der Waals surface area contributed by atoms with Gasteiger partial charge in [0.15, 0.2) is 29.3 Å². The highest BCUT2D eigenvalue weighted by Gasteiger charge is 2.48. The average molecular weight is 883 g/mol. The normalized spacial score (nSPS) is 28.0. The van der Waals surface area contributed by atoms with Gasteiger partial charge in [-0.1, -0.05) is 12.1 Å². The molecule has 8 rings (SSSR count). The first-order valence-corrected chi connectivity index (χ1v) is 19.1. The van der Waals surface area contributed by atoms with Crippen LogP contribution in [0.4, 0.5) is 0 Å². The Kier molecular flexibility index (Phi) is 12.6. The Morgan fingerprint density at radius 3 is 1.98 bits per heavy atom. The van der Waals surface area contributed by atoms with Crippen molar-refractivity contribution >= 4 is 16.8 Å². The van der Waals surface area contributed by atoms with Crippen LogP contribution in [0.25, 0.3) is 22.3 Å². The van der Waals surface area contributed by atoms with E-state index in [1.807, 2.05) is 0 Å². The number of ether oxygens (including phenoxy) is 5. The Morgan fingerprint density at radius 1 is 0.635 bits per heavy atom. The van der Waals surface area contributed by atoms with Crippen molar-refractivity contribution in [3.05, 3.63) is 88.1 Å². The highest BCUT2D eigenvalue weighted by Crippen LogP contribution is 2.42. The maximum atomic E-state index is 13.6. The van der Waals surface area contributed by atoms with E-state index in [1.54, 1.807) is 12.1 Å². The molecule has 2 saturated heterocycles. The molecule has 0 bridgehead atoms. The molecule has 0 amide bonds. The Balaban J connectivity index is 0.000000247. The second kappa shape index (κ2) is 17.8. The monoisotopic (exact) mass is 882 g/mol. The molecule has 11 atom stereocenters. The molecule has 336 valence electrons. The van der Waals surface area contributed by atoms with E-state index in [0.717, 1.165) is 35.9 Å². The molecule has 3 aliphatic rings. The zero-order chi connectivity index (χ0) is 45.6. The Bertz CT molecular complexity index is 2540. The summed E-state index contributed by atoms with van der Waals surface area (Å²) in [5.41, 5.74) is -0.513. The number of rotatable bonds is 7. The van der Waals surface area contributed by atoms with Gasteiger partial charge >= 0.3 is 0 Å². The summed E-state index contributed by atoms with van der Waals surface area (Å²) in [5, 5.41) is 130. The number of aliphatic hydroxyl groups excluding tert-OH is 6. The van der Waals surface area contributed by atoms with Crippen molar-refractivity contribution in [2.75, 3.05) is 6.61 Å². The van der Waals surface area contributed by atoms with Crippen molar-refractivity contribution in [1.82, 2.24) is 0 Å². The van der Waals surface area contributed by atoms with E-state index in [1.165, 1.54) is 31.2 Å². The Labute approximate surface area is 354 Å². The fourth-order valence-corrected chi connectivity index (χ4v) is 7.14. The number of carbonyl (C=O) groups is 1. The van der Waals surface area contributed by atoms with E-state index in [0.29, 0.717) is 0 Å². The van der Waals surface area contributed by atoms with Crippen molar-refractivity contribution in [3.8, 4) is 63.1 Å². The molecular weight excluding hydrogens is 840 g/mol. The minimum atomic E-state index is -1.97. The van der Waals surface area contributed by atoms with Crippen LogP contribution in [0.3, 0.4) is 0 Å². The van der Waals surface area contributed by atoms with Crippen LogP contribution in [0.5, 0.6) is 51.7 Å². The Morgan fingerprint density at radius 2 is 1.29 bits per heavy atom. The molecule has 0 aliphatic carbocycles. The van der Waals surface area contributed by atoms with Gasteiger partial charge in [0.2, 0.25) is 17.5 Å².